The normalized spacial score (nSPS) is 12.9. The molecule has 1 aromatic rings. The van der Waals surface area contributed by atoms with E-state index in [1.807, 2.05) is 0 Å². The fraction of sp³-hybridized carbons (Fsp3) is 0.500. The van der Waals surface area contributed by atoms with E-state index in [0.717, 1.165) is 11.2 Å². The fourth-order valence-electron chi connectivity index (χ4n) is 1.57. The molecule has 0 aliphatic heterocycles. The van der Waals surface area contributed by atoms with Crippen molar-refractivity contribution in [2.75, 3.05) is 5.33 Å². The Labute approximate surface area is 89.5 Å². The lowest BCUT2D eigenvalue weighted by Crippen LogP contribution is -2.04. The molecule has 0 nitrogen and oxygen atoms in total. The summed E-state index contributed by atoms with van der Waals surface area (Å²) in [5.74, 6) is 0.722. The van der Waals surface area contributed by atoms with E-state index in [0.29, 0.717) is 0 Å². The van der Waals surface area contributed by atoms with E-state index in [1.165, 1.54) is 23.1 Å². The maximum Gasteiger partial charge on any atom is 0.00602 e. The zero-order valence-electron chi connectivity index (χ0n) is 8.60. The van der Waals surface area contributed by atoms with Gasteiger partial charge in [-0.25, -0.2) is 0 Å². The molecule has 0 aliphatic rings. The first-order valence-corrected chi connectivity index (χ1v) is 5.88. The molecule has 0 aromatic heterocycles. The molecule has 0 heterocycles. The zero-order chi connectivity index (χ0) is 9.84. The zero-order valence-corrected chi connectivity index (χ0v) is 10.2. The van der Waals surface area contributed by atoms with Crippen LogP contribution in [0, 0.1) is 19.8 Å². The Hall–Kier alpha value is -0.300. The average molecular weight is 241 g/mol. The van der Waals surface area contributed by atoms with Crippen LogP contribution in [0.25, 0.3) is 0 Å². The molecular weight excluding hydrogens is 224 g/mol. The van der Waals surface area contributed by atoms with Gasteiger partial charge in [0.05, 0.1) is 0 Å². The van der Waals surface area contributed by atoms with Crippen LogP contribution in [0.1, 0.15) is 23.6 Å². The quantitative estimate of drug-likeness (QED) is 0.704. The number of hydrogen-bond acceptors (Lipinski definition) is 0. The summed E-state index contributed by atoms with van der Waals surface area (Å²) < 4.78 is 0. The maximum atomic E-state index is 3.52. The molecule has 1 heteroatoms. The lowest BCUT2D eigenvalue weighted by molar-refractivity contribution is 0.658. The van der Waals surface area contributed by atoms with Crippen molar-refractivity contribution in [3.05, 3.63) is 34.9 Å². The Morgan fingerprint density at radius 1 is 1.23 bits per heavy atom. The second-order valence-corrected chi connectivity index (χ2v) is 4.48. The molecule has 0 fully saturated rings. The molecule has 1 unspecified atom stereocenters. The van der Waals surface area contributed by atoms with Crippen LogP contribution in [0.2, 0.25) is 0 Å². The van der Waals surface area contributed by atoms with Crippen molar-refractivity contribution in [1.82, 2.24) is 0 Å². The Kier molecular flexibility index (Phi) is 3.98. The number of halogens is 1. The van der Waals surface area contributed by atoms with Gasteiger partial charge in [0.2, 0.25) is 0 Å². The minimum absolute atomic E-state index is 0.722. The van der Waals surface area contributed by atoms with Crippen LogP contribution >= 0.6 is 15.9 Å². The summed E-state index contributed by atoms with van der Waals surface area (Å²) in [6.45, 7) is 6.67. The Morgan fingerprint density at radius 2 is 1.77 bits per heavy atom. The maximum absolute atomic E-state index is 3.52. The predicted molar refractivity (Wildman–Crippen MR) is 62.6 cm³/mol. The van der Waals surface area contributed by atoms with Gasteiger partial charge in [-0.05, 0) is 42.9 Å². The van der Waals surface area contributed by atoms with E-state index in [-0.39, 0.29) is 0 Å². The van der Waals surface area contributed by atoms with Crippen LogP contribution in [-0.4, -0.2) is 5.33 Å². The molecule has 0 bridgehead atoms. The largest absolute Gasteiger partial charge is 0.0925 e. The van der Waals surface area contributed by atoms with Gasteiger partial charge in [-0.15, -0.1) is 0 Å². The van der Waals surface area contributed by atoms with E-state index in [2.05, 4.69) is 54.9 Å². The Bertz CT molecular complexity index is 258. The van der Waals surface area contributed by atoms with Gasteiger partial charge in [-0.2, -0.15) is 0 Å². The smallest absolute Gasteiger partial charge is 0.00602 e. The van der Waals surface area contributed by atoms with Crippen LogP contribution < -0.4 is 0 Å². The van der Waals surface area contributed by atoms with Crippen molar-refractivity contribution < 1.29 is 0 Å². The highest BCUT2D eigenvalue weighted by atomic mass is 79.9. The summed E-state index contributed by atoms with van der Waals surface area (Å²) in [7, 11) is 0. The van der Waals surface area contributed by atoms with Crippen LogP contribution in [0.5, 0.6) is 0 Å². The molecule has 1 aromatic carbocycles. The highest BCUT2D eigenvalue weighted by Crippen LogP contribution is 2.18. The van der Waals surface area contributed by atoms with E-state index in [9.17, 15) is 0 Å². The van der Waals surface area contributed by atoms with Gasteiger partial charge in [0, 0.05) is 5.33 Å². The van der Waals surface area contributed by atoms with Crippen molar-refractivity contribution >= 4 is 15.9 Å². The Balaban J connectivity index is 2.87. The SMILES string of the molecule is Cc1cccc(C)c1CC(C)CBr. The summed E-state index contributed by atoms with van der Waals surface area (Å²) in [6.07, 6.45) is 1.18. The van der Waals surface area contributed by atoms with E-state index in [4.69, 9.17) is 0 Å². The van der Waals surface area contributed by atoms with Crippen molar-refractivity contribution in [2.45, 2.75) is 27.2 Å². The van der Waals surface area contributed by atoms with Crippen molar-refractivity contribution in [3.8, 4) is 0 Å². The Morgan fingerprint density at radius 3 is 2.23 bits per heavy atom. The highest BCUT2D eigenvalue weighted by molar-refractivity contribution is 9.09. The van der Waals surface area contributed by atoms with Crippen molar-refractivity contribution in [1.29, 1.82) is 0 Å². The first kappa shape index (κ1) is 10.8. The van der Waals surface area contributed by atoms with Gasteiger partial charge < -0.3 is 0 Å². The first-order valence-electron chi connectivity index (χ1n) is 4.76. The minimum atomic E-state index is 0.722. The molecule has 0 amide bonds. The van der Waals surface area contributed by atoms with E-state index >= 15 is 0 Å². The molecule has 0 aliphatic carbocycles. The highest BCUT2D eigenvalue weighted by Gasteiger charge is 2.06. The first-order chi connectivity index (χ1) is 6.15. The van der Waals surface area contributed by atoms with Gasteiger partial charge in [-0.1, -0.05) is 41.1 Å². The van der Waals surface area contributed by atoms with Gasteiger partial charge in [0.1, 0.15) is 0 Å². The molecule has 0 saturated carbocycles. The summed E-state index contributed by atoms with van der Waals surface area (Å²) >= 11 is 3.52. The minimum Gasteiger partial charge on any atom is -0.0925 e. The van der Waals surface area contributed by atoms with Crippen LogP contribution in [0.15, 0.2) is 18.2 Å². The summed E-state index contributed by atoms with van der Waals surface area (Å²) in [6, 6.07) is 6.53. The predicted octanol–water partition coefficient (Wildman–Crippen LogP) is 3.88. The number of benzene rings is 1. The third-order valence-corrected chi connectivity index (χ3v) is 3.57. The third kappa shape index (κ3) is 2.84. The number of hydrogen-bond donors (Lipinski definition) is 0. The molecule has 0 N–H and O–H groups in total. The van der Waals surface area contributed by atoms with E-state index in [1.54, 1.807) is 0 Å². The van der Waals surface area contributed by atoms with E-state index < -0.39 is 0 Å². The molecular formula is C12H17Br. The van der Waals surface area contributed by atoms with Crippen molar-refractivity contribution in [2.24, 2.45) is 5.92 Å². The third-order valence-electron chi connectivity index (χ3n) is 2.46. The summed E-state index contributed by atoms with van der Waals surface area (Å²) in [5.41, 5.74) is 4.37. The number of aryl methyl sites for hydroxylation is 2. The number of rotatable bonds is 3. The molecule has 72 valence electrons. The monoisotopic (exact) mass is 240 g/mol. The van der Waals surface area contributed by atoms with Crippen molar-refractivity contribution in [3.63, 3.8) is 0 Å². The average Bonchev–Trinajstić information content (AvgIpc) is 2.11. The molecule has 1 atom stereocenters. The lowest BCUT2D eigenvalue weighted by Gasteiger charge is -2.13. The van der Waals surface area contributed by atoms with Gasteiger partial charge in [-0.3, -0.25) is 0 Å². The lowest BCUT2D eigenvalue weighted by atomic mass is 9.95. The summed E-state index contributed by atoms with van der Waals surface area (Å²) in [4.78, 5) is 0. The second kappa shape index (κ2) is 4.80. The fourth-order valence-corrected chi connectivity index (χ4v) is 1.80. The van der Waals surface area contributed by atoms with Crippen LogP contribution in [-0.2, 0) is 6.42 Å². The number of alkyl halides is 1. The van der Waals surface area contributed by atoms with Gasteiger partial charge in [0.25, 0.3) is 0 Å². The molecule has 1 rings (SSSR count). The standard InChI is InChI=1S/C12H17Br/c1-9(8-13)7-12-10(2)5-4-6-11(12)3/h4-6,9H,7-8H2,1-3H3. The summed E-state index contributed by atoms with van der Waals surface area (Å²) in [5, 5.41) is 1.08. The second-order valence-electron chi connectivity index (χ2n) is 3.83. The van der Waals surface area contributed by atoms with Crippen LogP contribution in [0.4, 0.5) is 0 Å². The van der Waals surface area contributed by atoms with Gasteiger partial charge >= 0.3 is 0 Å². The molecule has 0 saturated heterocycles. The topological polar surface area (TPSA) is 0 Å². The molecule has 0 spiro atoms. The van der Waals surface area contributed by atoms with Gasteiger partial charge in [0.15, 0.2) is 0 Å². The van der Waals surface area contributed by atoms with Crippen LogP contribution in [0.3, 0.4) is 0 Å². The molecule has 13 heavy (non-hydrogen) atoms. The molecule has 0 radical (unpaired) electrons.